The van der Waals surface area contributed by atoms with Gasteiger partial charge in [0.05, 0.1) is 12.7 Å². The van der Waals surface area contributed by atoms with Gasteiger partial charge in [0.1, 0.15) is 0 Å². The zero-order valence-electron chi connectivity index (χ0n) is 9.37. The summed E-state index contributed by atoms with van der Waals surface area (Å²) < 4.78 is 4.08. The van der Waals surface area contributed by atoms with Gasteiger partial charge in [-0.15, -0.1) is 0 Å². The quantitative estimate of drug-likeness (QED) is 0.771. The summed E-state index contributed by atoms with van der Waals surface area (Å²) in [4.78, 5) is 7.76. The van der Waals surface area contributed by atoms with Crippen LogP contribution in [0.25, 0.3) is 0 Å². The fourth-order valence-electron chi connectivity index (χ4n) is 1.15. The largest absolute Gasteiger partial charge is 0.338 e. The van der Waals surface area contributed by atoms with E-state index in [0.717, 1.165) is 13.1 Å². The number of aryl methyl sites for hydroxylation is 2. The van der Waals surface area contributed by atoms with Crippen molar-refractivity contribution in [1.82, 2.24) is 19.1 Å². The van der Waals surface area contributed by atoms with Crippen molar-refractivity contribution in [1.29, 1.82) is 0 Å². The van der Waals surface area contributed by atoms with Crippen molar-refractivity contribution in [2.75, 3.05) is 0 Å². The van der Waals surface area contributed by atoms with Crippen molar-refractivity contribution in [3.05, 3.63) is 37.4 Å². The lowest BCUT2D eigenvalue weighted by Gasteiger charge is -1.93. The van der Waals surface area contributed by atoms with Crippen LogP contribution in [0.4, 0.5) is 0 Å². The maximum Gasteiger partial charge on any atom is 0.0945 e. The molecule has 0 spiro atoms. The van der Waals surface area contributed by atoms with E-state index >= 15 is 0 Å². The van der Waals surface area contributed by atoms with Crippen LogP contribution >= 0.6 is 0 Å². The SMILES string of the molecule is CCCn1ccnc1.CCn1ccnc1. The highest BCUT2D eigenvalue weighted by Crippen LogP contribution is 1.87. The Bertz CT molecular complexity index is 323. The maximum atomic E-state index is 3.90. The lowest BCUT2D eigenvalue weighted by atomic mass is 10.5. The summed E-state index contributed by atoms with van der Waals surface area (Å²) in [5.41, 5.74) is 0. The van der Waals surface area contributed by atoms with Crippen LogP contribution < -0.4 is 0 Å². The minimum absolute atomic E-state index is 1.01. The molecule has 0 amide bonds. The minimum atomic E-state index is 1.01. The van der Waals surface area contributed by atoms with Gasteiger partial charge in [-0.25, -0.2) is 9.97 Å². The molecule has 0 aliphatic heterocycles. The molecule has 0 bridgehead atoms. The highest BCUT2D eigenvalue weighted by molar-refractivity contribution is 4.73. The van der Waals surface area contributed by atoms with Crippen molar-refractivity contribution in [2.24, 2.45) is 0 Å². The molecular weight excluding hydrogens is 188 g/mol. The summed E-state index contributed by atoms with van der Waals surface area (Å²) in [6.45, 7) is 6.34. The van der Waals surface area contributed by atoms with E-state index < -0.39 is 0 Å². The van der Waals surface area contributed by atoms with E-state index in [0.29, 0.717) is 0 Å². The Morgan fingerprint density at radius 1 is 0.933 bits per heavy atom. The minimum Gasteiger partial charge on any atom is -0.338 e. The summed E-state index contributed by atoms with van der Waals surface area (Å²) >= 11 is 0. The normalized spacial score (nSPS) is 9.47. The average molecular weight is 206 g/mol. The first-order valence-corrected chi connectivity index (χ1v) is 5.28. The third-order valence-corrected chi connectivity index (χ3v) is 1.97. The molecule has 0 aliphatic carbocycles. The van der Waals surface area contributed by atoms with Crippen LogP contribution in [-0.2, 0) is 13.1 Å². The average Bonchev–Trinajstić information content (AvgIpc) is 2.91. The first-order valence-electron chi connectivity index (χ1n) is 5.28. The number of aromatic nitrogens is 4. The van der Waals surface area contributed by atoms with Crippen LogP contribution in [0.2, 0.25) is 0 Å². The van der Waals surface area contributed by atoms with Gasteiger partial charge in [0.2, 0.25) is 0 Å². The monoisotopic (exact) mass is 206 g/mol. The molecule has 2 aromatic rings. The van der Waals surface area contributed by atoms with E-state index in [4.69, 9.17) is 0 Å². The second-order valence-electron chi connectivity index (χ2n) is 3.19. The van der Waals surface area contributed by atoms with Gasteiger partial charge < -0.3 is 9.13 Å². The Morgan fingerprint density at radius 3 is 1.87 bits per heavy atom. The molecule has 0 unspecified atom stereocenters. The molecule has 2 rings (SSSR count). The number of hydrogen-bond donors (Lipinski definition) is 0. The van der Waals surface area contributed by atoms with E-state index in [9.17, 15) is 0 Å². The molecule has 0 aliphatic rings. The predicted octanol–water partition coefficient (Wildman–Crippen LogP) is 2.20. The molecular formula is C11H18N4. The second kappa shape index (κ2) is 6.81. The predicted molar refractivity (Wildman–Crippen MR) is 60.4 cm³/mol. The van der Waals surface area contributed by atoms with Crippen molar-refractivity contribution in [2.45, 2.75) is 33.4 Å². The molecule has 0 aromatic carbocycles. The second-order valence-corrected chi connectivity index (χ2v) is 3.19. The third-order valence-electron chi connectivity index (χ3n) is 1.97. The van der Waals surface area contributed by atoms with E-state index in [2.05, 4.69) is 28.4 Å². The third kappa shape index (κ3) is 4.44. The molecule has 0 atom stereocenters. The van der Waals surface area contributed by atoms with Crippen LogP contribution in [0.1, 0.15) is 20.3 Å². The molecule has 0 saturated heterocycles. The fraction of sp³-hybridized carbons (Fsp3) is 0.455. The molecule has 15 heavy (non-hydrogen) atoms. The lowest BCUT2D eigenvalue weighted by Crippen LogP contribution is -1.90. The van der Waals surface area contributed by atoms with Gasteiger partial charge in [0.25, 0.3) is 0 Å². The van der Waals surface area contributed by atoms with Gasteiger partial charge in [0, 0.05) is 37.9 Å². The fourth-order valence-corrected chi connectivity index (χ4v) is 1.15. The Morgan fingerprint density at radius 2 is 1.53 bits per heavy atom. The zero-order chi connectivity index (χ0) is 10.9. The zero-order valence-corrected chi connectivity index (χ0v) is 9.37. The molecule has 2 heterocycles. The molecule has 0 radical (unpaired) electrons. The highest BCUT2D eigenvalue weighted by Gasteiger charge is 1.82. The molecule has 2 aromatic heterocycles. The smallest absolute Gasteiger partial charge is 0.0945 e. The van der Waals surface area contributed by atoms with Crippen molar-refractivity contribution in [3.8, 4) is 0 Å². The van der Waals surface area contributed by atoms with E-state index in [1.807, 2.05) is 23.3 Å². The maximum absolute atomic E-state index is 3.90. The van der Waals surface area contributed by atoms with Crippen LogP contribution in [0.3, 0.4) is 0 Å². The van der Waals surface area contributed by atoms with Crippen LogP contribution in [-0.4, -0.2) is 19.1 Å². The van der Waals surface area contributed by atoms with Gasteiger partial charge in [-0.3, -0.25) is 0 Å². The first kappa shape index (κ1) is 11.5. The van der Waals surface area contributed by atoms with Gasteiger partial charge in [-0.1, -0.05) is 6.92 Å². The molecule has 82 valence electrons. The van der Waals surface area contributed by atoms with E-state index in [1.165, 1.54) is 6.42 Å². The van der Waals surface area contributed by atoms with E-state index in [-0.39, 0.29) is 0 Å². The molecule has 4 nitrogen and oxygen atoms in total. The van der Waals surface area contributed by atoms with Gasteiger partial charge in [-0.2, -0.15) is 0 Å². The summed E-state index contributed by atoms with van der Waals surface area (Å²) in [7, 11) is 0. The molecule has 0 N–H and O–H groups in total. The Labute approximate surface area is 90.6 Å². The number of nitrogens with zero attached hydrogens (tertiary/aromatic N) is 4. The highest BCUT2D eigenvalue weighted by atomic mass is 15.0. The molecule has 0 fully saturated rings. The van der Waals surface area contributed by atoms with E-state index in [1.54, 1.807) is 18.7 Å². The number of rotatable bonds is 3. The number of imidazole rings is 2. The number of hydrogen-bond acceptors (Lipinski definition) is 2. The van der Waals surface area contributed by atoms with Crippen LogP contribution in [0.15, 0.2) is 37.4 Å². The van der Waals surface area contributed by atoms with Crippen molar-refractivity contribution >= 4 is 0 Å². The summed E-state index contributed by atoms with van der Waals surface area (Å²) in [5, 5.41) is 0. The summed E-state index contributed by atoms with van der Waals surface area (Å²) in [5.74, 6) is 0. The van der Waals surface area contributed by atoms with Crippen molar-refractivity contribution in [3.63, 3.8) is 0 Å². The van der Waals surface area contributed by atoms with Gasteiger partial charge in [-0.05, 0) is 13.3 Å². The Kier molecular flexibility index (Phi) is 5.22. The van der Waals surface area contributed by atoms with Crippen LogP contribution in [0, 0.1) is 0 Å². The first-order chi connectivity index (χ1) is 7.36. The Balaban J connectivity index is 0.000000151. The van der Waals surface area contributed by atoms with Crippen LogP contribution in [0.5, 0.6) is 0 Å². The summed E-state index contributed by atoms with van der Waals surface area (Å²) in [6.07, 6.45) is 12.3. The topological polar surface area (TPSA) is 35.6 Å². The molecule has 0 saturated carbocycles. The standard InChI is InChI=1S/C6H10N2.C5H8N2/c1-2-4-8-5-3-7-6-8;1-2-7-4-3-6-5-7/h3,5-6H,2,4H2,1H3;3-5H,2H2,1H3. The molecule has 4 heteroatoms. The summed E-state index contributed by atoms with van der Waals surface area (Å²) in [6, 6.07) is 0. The van der Waals surface area contributed by atoms with Crippen molar-refractivity contribution < 1.29 is 0 Å². The van der Waals surface area contributed by atoms with Gasteiger partial charge >= 0.3 is 0 Å². The van der Waals surface area contributed by atoms with Gasteiger partial charge in [0.15, 0.2) is 0 Å². The Hall–Kier alpha value is -1.58. The lowest BCUT2D eigenvalue weighted by molar-refractivity contribution is 0.678.